The number of ether oxygens (including phenoxy) is 1. The number of anilines is 1. The van der Waals surface area contributed by atoms with Crippen LogP contribution >= 0.6 is 0 Å². The molecule has 0 bridgehead atoms. The fourth-order valence-corrected chi connectivity index (χ4v) is 3.88. The van der Waals surface area contributed by atoms with Gasteiger partial charge in [0.1, 0.15) is 0 Å². The maximum Gasteiger partial charge on any atom is 0.337 e. The fraction of sp³-hybridized carbons (Fsp3) is 0.348. The van der Waals surface area contributed by atoms with Crippen LogP contribution in [0.5, 0.6) is 0 Å². The minimum atomic E-state index is -0.429. The zero-order chi connectivity index (χ0) is 20.2. The van der Waals surface area contributed by atoms with Crippen molar-refractivity contribution in [1.29, 1.82) is 0 Å². The molecule has 150 valence electrons. The minimum Gasteiger partial charge on any atom is -0.465 e. The van der Waals surface area contributed by atoms with E-state index in [4.69, 9.17) is 9.72 Å². The zero-order valence-corrected chi connectivity index (χ0v) is 16.6. The Morgan fingerprint density at radius 3 is 2.55 bits per heavy atom. The fourth-order valence-electron chi connectivity index (χ4n) is 3.88. The number of aromatic nitrogens is 2. The Labute approximate surface area is 169 Å². The molecule has 0 radical (unpaired) electrons. The molecule has 0 amide bonds. The molecule has 0 spiro atoms. The summed E-state index contributed by atoms with van der Waals surface area (Å²) in [7, 11) is 1.35. The third kappa shape index (κ3) is 4.01. The van der Waals surface area contributed by atoms with Crippen molar-refractivity contribution in [2.45, 2.75) is 32.2 Å². The van der Waals surface area contributed by atoms with Crippen LogP contribution in [0.1, 0.15) is 35.2 Å². The smallest absolute Gasteiger partial charge is 0.337 e. The number of benzene rings is 2. The third-order valence-electron chi connectivity index (χ3n) is 5.46. The number of nitrogens with zero attached hydrogens (tertiary/aromatic N) is 3. The maximum atomic E-state index is 13.3. The molecule has 4 rings (SSSR count). The number of carbonyl (C=O) groups is 1. The van der Waals surface area contributed by atoms with Gasteiger partial charge in [0.2, 0.25) is 5.95 Å². The predicted molar refractivity (Wildman–Crippen MR) is 114 cm³/mol. The molecular formula is C23H25N3O3. The predicted octanol–water partition coefficient (Wildman–Crippen LogP) is 3.42. The van der Waals surface area contributed by atoms with E-state index in [1.807, 2.05) is 18.2 Å². The Morgan fingerprint density at radius 2 is 1.83 bits per heavy atom. The van der Waals surface area contributed by atoms with E-state index in [1.54, 1.807) is 22.8 Å². The van der Waals surface area contributed by atoms with Crippen LogP contribution in [0.15, 0.2) is 53.3 Å². The summed E-state index contributed by atoms with van der Waals surface area (Å²) >= 11 is 0. The lowest BCUT2D eigenvalue weighted by molar-refractivity contribution is 0.0601. The van der Waals surface area contributed by atoms with Gasteiger partial charge in [0.05, 0.1) is 23.6 Å². The van der Waals surface area contributed by atoms with Crippen LogP contribution in [-0.4, -0.2) is 35.7 Å². The van der Waals surface area contributed by atoms with Crippen LogP contribution in [0.3, 0.4) is 0 Å². The maximum absolute atomic E-state index is 13.3. The van der Waals surface area contributed by atoms with E-state index < -0.39 is 5.97 Å². The number of hydrogen-bond acceptors (Lipinski definition) is 5. The summed E-state index contributed by atoms with van der Waals surface area (Å²) < 4.78 is 6.60. The Bertz CT molecular complexity index is 1070. The molecule has 1 saturated heterocycles. The molecule has 2 aromatic carbocycles. The van der Waals surface area contributed by atoms with Crippen molar-refractivity contribution in [1.82, 2.24) is 9.55 Å². The first-order chi connectivity index (χ1) is 14.2. The van der Waals surface area contributed by atoms with Gasteiger partial charge in [0, 0.05) is 19.6 Å². The Kier molecular flexibility index (Phi) is 5.60. The van der Waals surface area contributed by atoms with Crippen molar-refractivity contribution in [3.63, 3.8) is 0 Å². The molecule has 0 unspecified atom stereocenters. The van der Waals surface area contributed by atoms with Crippen molar-refractivity contribution in [3.8, 4) is 0 Å². The molecule has 1 aliphatic rings. The summed E-state index contributed by atoms with van der Waals surface area (Å²) in [6.07, 6.45) is 4.14. The number of hydrogen-bond donors (Lipinski definition) is 0. The minimum absolute atomic E-state index is 0.0667. The molecule has 29 heavy (non-hydrogen) atoms. The second-order valence-electron chi connectivity index (χ2n) is 7.38. The van der Waals surface area contributed by atoms with E-state index in [0.29, 0.717) is 29.0 Å². The first-order valence-corrected chi connectivity index (χ1v) is 10.1. The molecule has 6 heteroatoms. The van der Waals surface area contributed by atoms with Gasteiger partial charge in [-0.1, -0.05) is 30.3 Å². The molecule has 0 N–H and O–H groups in total. The molecule has 2 heterocycles. The van der Waals surface area contributed by atoms with E-state index in [2.05, 4.69) is 17.0 Å². The number of carbonyl (C=O) groups excluding carboxylic acids is 1. The first kappa shape index (κ1) is 19.2. The van der Waals surface area contributed by atoms with E-state index in [9.17, 15) is 9.59 Å². The van der Waals surface area contributed by atoms with E-state index in [0.717, 1.165) is 32.4 Å². The molecule has 0 aliphatic carbocycles. The van der Waals surface area contributed by atoms with Crippen LogP contribution in [0.25, 0.3) is 10.9 Å². The van der Waals surface area contributed by atoms with Crippen molar-refractivity contribution < 1.29 is 9.53 Å². The lowest BCUT2D eigenvalue weighted by Gasteiger charge is -2.30. The SMILES string of the molecule is COC(=O)c1ccc2c(=O)n(CCc3ccccc3)c(N3CCCCC3)nc2c1. The molecular weight excluding hydrogens is 366 g/mol. The van der Waals surface area contributed by atoms with Crippen LogP contribution < -0.4 is 10.5 Å². The van der Waals surface area contributed by atoms with Crippen LogP contribution in [0, 0.1) is 0 Å². The van der Waals surface area contributed by atoms with Gasteiger partial charge >= 0.3 is 5.97 Å². The van der Waals surface area contributed by atoms with Gasteiger partial charge in [-0.15, -0.1) is 0 Å². The lowest BCUT2D eigenvalue weighted by Crippen LogP contribution is -2.36. The number of esters is 1. The lowest BCUT2D eigenvalue weighted by atomic mass is 10.1. The molecule has 1 fully saturated rings. The normalized spacial score (nSPS) is 14.2. The number of piperidine rings is 1. The zero-order valence-electron chi connectivity index (χ0n) is 16.6. The monoisotopic (exact) mass is 391 g/mol. The molecule has 1 aromatic heterocycles. The van der Waals surface area contributed by atoms with Crippen molar-refractivity contribution >= 4 is 22.8 Å². The molecule has 3 aromatic rings. The van der Waals surface area contributed by atoms with Gasteiger partial charge in [-0.3, -0.25) is 9.36 Å². The highest BCUT2D eigenvalue weighted by atomic mass is 16.5. The average Bonchev–Trinajstić information content (AvgIpc) is 2.78. The average molecular weight is 391 g/mol. The summed E-state index contributed by atoms with van der Waals surface area (Å²) in [5.41, 5.74) is 2.06. The Balaban J connectivity index is 1.79. The third-order valence-corrected chi connectivity index (χ3v) is 5.46. The highest BCUT2D eigenvalue weighted by Gasteiger charge is 2.20. The van der Waals surface area contributed by atoms with Gasteiger partial charge in [0.15, 0.2) is 0 Å². The largest absolute Gasteiger partial charge is 0.465 e. The van der Waals surface area contributed by atoms with Crippen molar-refractivity contribution in [2.75, 3.05) is 25.1 Å². The molecule has 1 aliphatic heterocycles. The second-order valence-corrected chi connectivity index (χ2v) is 7.38. The highest BCUT2D eigenvalue weighted by Crippen LogP contribution is 2.21. The summed E-state index contributed by atoms with van der Waals surface area (Å²) in [4.78, 5) is 32.3. The summed E-state index contributed by atoms with van der Waals surface area (Å²) in [6.45, 7) is 2.34. The number of fused-ring (bicyclic) bond motifs is 1. The molecule has 0 atom stereocenters. The standard InChI is InChI=1S/C23H25N3O3/c1-29-22(28)18-10-11-19-20(16-18)24-23(25-13-6-3-7-14-25)26(21(19)27)15-12-17-8-4-2-5-9-17/h2,4-5,8-11,16H,3,6-7,12-15H2,1H3. The van der Waals surface area contributed by atoms with E-state index in [1.165, 1.54) is 19.1 Å². The summed E-state index contributed by atoms with van der Waals surface area (Å²) in [6, 6.07) is 15.1. The number of aryl methyl sites for hydroxylation is 1. The van der Waals surface area contributed by atoms with Crippen molar-refractivity contribution in [2.24, 2.45) is 0 Å². The van der Waals surface area contributed by atoms with Crippen LogP contribution in [0.2, 0.25) is 0 Å². The molecule has 6 nitrogen and oxygen atoms in total. The van der Waals surface area contributed by atoms with Crippen LogP contribution in [0.4, 0.5) is 5.95 Å². The van der Waals surface area contributed by atoms with Gasteiger partial charge < -0.3 is 9.64 Å². The van der Waals surface area contributed by atoms with E-state index >= 15 is 0 Å². The van der Waals surface area contributed by atoms with Gasteiger partial charge in [-0.2, -0.15) is 0 Å². The number of rotatable bonds is 5. The number of methoxy groups -OCH3 is 1. The molecule has 0 saturated carbocycles. The Morgan fingerprint density at radius 1 is 1.07 bits per heavy atom. The van der Waals surface area contributed by atoms with Gasteiger partial charge in [0.25, 0.3) is 5.56 Å². The van der Waals surface area contributed by atoms with Gasteiger partial charge in [-0.25, -0.2) is 9.78 Å². The second kappa shape index (κ2) is 8.47. The van der Waals surface area contributed by atoms with E-state index in [-0.39, 0.29) is 5.56 Å². The summed E-state index contributed by atoms with van der Waals surface area (Å²) in [5, 5.41) is 0.520. The first-order valence-electron chi connectivity index (χ1n) is 10.1. The Hall–Kier alpha value is -3.15. The highest BCUT2D eigenvalue weighted by molar-refractivity contribution is 5.94. The van der Waals surface area contributed by atoms with Crippen LogP contribution in [-0.2, 0) is 17.7 Å². The van der Waals surface area contributed by atoms with Gasteiger partial charge in [-0.05, 0) is 49.4 Å². The van der Waals surface area contributed by atoms with Crippen molar-refractivity contribution in [3.05, 3.63) is 70.0 Å². The quantitative estimate of drug-likeness (QED) is 0.624. The topological polar surface area (TPSA) is 64.4 Å². The summed E-state index contributed by atoms with van der Waals surface area (Å²) in [5.74, 6) is 0.265.